The van der Waals surface area contributed by atoms with E-state index in [1.165, 1.54) is 28.4 Å². The lowest BCUT2D eigenvalue weighted by Gasteiger charge is -2.42. The highest BCUT2D eigenvalue weighted by molar-refractivity contribution is 7.22. The minimum Gasteiger partial charge on any atom is -0.480 e. The fourth-order valence-corrected chi connectivity index (χ4v) is 5.57. The van der Waals surface area contributed by atoms with Gasteiger partial charge in [-0.1, -0.05) is 18.2 Å². The van der Waals surface area contributed by atoms with Crippen LogP contribution in [0.5, 0.6) is 0 Å². The number of amides is 2. The summed E-state index contributed by atoms with van der Waals surface area (Å²) < 4.78 is 13.4. The lowest BCUT2D eigenvalue weighted by molar-refractivity contribution is -0.144. The van der Waals surface area contributed by atoms with Gasteiger partial charge in [0.05, 0.1) is 4.88 Å². The van der Waals surface area contributed by atoms with E-state index >= 15 is 0 Å². The SMILES string of the molecule is CC(C)(Cc1ccc(F)cc1)N(C(=O)c1ccc(-c2cccs2)s1)[C@@H](CCC(N)=O)C(=O)O. The molecule has 0 aliphatic carbocycles. The molecule has 0 aliphatic heterocycles. The van der Waals surface area contributed by atoms with Crippen molar-refractivity contribution in [3.63, 3.8) is 0 Å². The Morgan fingerprint density at radius 3 is 2.36 bits per heavy atom. The maximum atomic E-state index is 13.7. The van der Waals surface area contributed by atoms with E-state index in [9.17, 15) is 23.9 Å². The molecule has 0 saturated heterocycles. The highest BCUT2D eigenvalue weighted by Gasteiger charge is 2.41. The number of nitrogens with two attached hydrogens (primary N) is 1. The van der Waals surface area contributed by atoms with Crippen molar-refractivity contribution in [3.8, 4) is 9.75 Å². The van der Waals surface area contributed by atoms with E-state index in [1.807, 2.05) is 23.6 Å². The molecule has 2 heterocycles. The minimum atomic E-state index is -1.26. The van der Waals surface area contributed by atoms with Crippen LogP contribution < -0.4 is 5.73 Å². The van der Waals surface area contributed by atoms with Gasteiger partial charge in [0, 0.05) is 21.7 Å². The minimum absolute atomic E-state index is 0.105. The van der Waals surface area contributed by atoms with Crippen LogP contribution in [-0.4, -0.2) is 39.4 Å². The van der Waals surface area contributed by atoms with Crippen LogP contribution in [0.1, 0.15) is 41.9 Å². The molecular weight excluding hydrogens is 463 g/mol. The predicted octanol–water partition coefficient (Wildman–Crippen LogP) is 4.80. The second-order valence-corrected chi connectivity index (χ2v) is 10.3. The summed E-state index contributed by atoms with van der Waals surface area (Å²) in [6.07, 6.45) is 0.0210. The molecule has 0 unspecified atom stereocenters. The summed E-state index contributed by atoms with van der Waals surface area (Å²) in [5, 5.41) is 11.9. The number of carboxylic acids is 1. The molecule has 0 saturated carbocycles. The third-order valence-electron chi connectivity index (χ3n) is 5.26. The molecule has 33 heavy (non-hydrogen) atoms. The predicted molar refractivity (Wildman–Crippen MR) is 128 cm³/mol. The van der Waals surface area contributed by atoms with E-state index in [2.05, 4.69) is 0 Å². The Balaban J connectivity index is 1.99. The number of carbonyl (C=O) groups excluding carboxylic acids is 2. The van der Waals surface area contributed by atoms with Gasteiger partial charge in [-0.05, 0) is 68.0 Å². The highest BCUT2D eigenvalue weighted by atomic mass is 32.1. The van der Waals surface area contributed by atoms with Gasteiger partial charge in [-0.3, -0.25) is 9.59 Å². The number of nitrogens with zero attached hydrogens (tertiary/aromatic N) is 1. The summed E-state index contributed by atoms with van der Waals surface area (Å²) in [7, 11) is 0. The first-order valence-electron chi connectivity index (χ1n) is 10.3. The van der Waals surface area contributed by atoms with E-state index in [4.69, 9.17) is 5.73 Å². The molecule has 1 aromatic carbocycles. The number of rotatable bonds is 10. The van der Waals surface area contributed by atoms with Crippen molar-refractivity contribution in [3.05, 3.63) is 70.2 Å². The van der Waals surface area contributed by atoms with Crippen LogP contribution in [0, 0.1) is 5.82 Å². The Kier molecular flexibility index (Phi) is 7.65. The van der Waals surface area contributed by atoms with Crippen LogP contribution in [0.25, 0.3) is 9.75 Å². The number of aliphatic carboxylic acids is 1. The van der Waals surface area contributed by atoms with E-state index in [0.29, 0.717) is 11.3 Å². The maximum Gasteiger partial charge on any atom is 0.326 e. The average molecular weight is 489 g/mol. The number of hydrogen-bond donors (Lipinski definition) is 2. The van der Waals surface area contributed by atoms with Crippen molar-refractivity contribution in [1.82, 2.24) is 4.90 Å². The van der Waals surface area contributed by atoms with Crippen molar-refractivity contribution in [1.29, 1.82) is 0 Å². The first kappa shape index (κ1) is 24.6. The smallest absolute Gasteiger partial charge is 0.326 e. The molecule has 2 aromatic heterocycles. The zero-order valence-corrected chi connectivity index (χ0v) is 19.9. The third-order valence-corrected chi connectivity index (χ3v) is 7.40. The van der Waals surface area contributed by atoms with E-state index in [1.54, 1.807) is 43.4 Å². The molecule has 3 N–H and O–H groups in total. The standard InChI is InChI=1S/C24H25FN2O4S2/c1-24(2,14-15-5-7-16(25)8-6-15)27(17(23(30)31)9-12-21(26)28)22(29)20-11-10-19(33-20)18-4-3-13-32-18/h3-8,10-11,13,17H,9,12,14H2,1-2H3,(H2,26,28)(H,30,31)/t17-/m0/s1. The van der Waals surface area contributed by atoms with Crippen LogP contribution in [0.4, 0.5) is 4.39 Å². The summed E-state index contributed by atoms with van der Waals surface area (Å²) in [4.78, 5) is 41.0. The van der Waals surface area contributed by atoms with Gasteiger partial charge in [-0.2, -0.15) is 0 Å². The van der Waals surface area contributed by atoms with Gasteiger partial charge in [0.1, 0.15) is 11.9 Å². The number of carbonyl (C=O) groups is 3. The van der Waals surface area contributed by atoms with Crippen LogP contribution in [0.15, 0.2) is 53.9 Å². The van der Waals surface area contributed by atoms with Crippen LogP contribution in [0.2, 0.25) is 0 Å². The highest BCUT2D eigenvalue weighted by Crippen LogP contribution is 2.34. The molecule has 2 amide bonds. The topological polar surface area (TPSA) is 101 Å². The number of thiophene rings is 2. The van der Waals surface area contributed by atoms with Crippen molar-refractivity contribution in [2.75, 3.05) is 0 Å². The molecule has 9 heteroatoms. The van der Waals surface area contributed by atoms with Crippen LogP contribution in [0.3, 0.4) is 0 Å². The van der Waals surface area contributed by atoms with E-state index in [-0.39, 0.29) is 18.7 Å². The normalized spacial score (nSPS) is 12.3. The molecule has 0 aliphatic rings. The molecule has 3 aromatic rings. The van der Waals surface area contributed by atoms with Crippen molar-refractivity contribution < 1.29 is 23.9 Å². The molecular formula is C24H25FN2O4S2. The number of benzene rings is 1. The first-order chi connectivity index (χ1) is 15.6. The number of primary amides is 1. The first-order valence-corrected chi connectivity index (χ1v) is 12.0. The Bertz CT molecular complexity index is 1120. The molecule has 0 radical (unpaired) electrons. The largest absolute Gasteiger partial charge is 0.480 e. The van der Waals surface area contributed by atoms with Gasteiger partial charge in [-0.15, -0.1) is 22.7 Å². The van der Waals surface area contributed by atoms with Crippen molar-refractivity contribution >= 4 is 40.5 Å². The monoisotopic (exact) mass is 488 g/mol. The van der Waals surface area contributed by atoms with E-state index in [0.717, 1.165) is 15.3 Å². The lowest BCUT2D eigenvalue weighted by Crippen LogP contribution is -2.57. The van der Waals surface area contributed by atoms with Gasteiger partial charge in [0.25, 0.3) is 5.91 Å². The zero-order valence-electron chi connectivity index (χ0n) is 18.3. The molecule has 0 fully saturated rings. The van der Waals surface area contributed by atoms with Gasteiger partial charge in [-0.25, -0.2) is 9.18 Å². The Morgan fingerprint density at radius 1 is 1.09 bits per heavy atom. The molecule has 3 rings (SSSR count). The fourth-order valence-electron chi connectivity index (χ4n) is 3.79. The molecule has 6 nitrogen and oxygen atoms in total. The number of hydrogen-bond acceptors (Lipinski definition) is 5. The number of halogens is 1. The van der Waals surface area contributed by atoms with Gasteiger partial charge >= 0.3 is 5.97 Å². The second-order valence-electron chi connectivity index (χ2n) is 8.29. The molecule has 0 spiro atoms. The summed E-state index contributed by atoms with van der Waals surface area (Å²) in [5.74, 6) is -2.67. The zero-order chi connectivity index (χ0) is 24.2. The van der Waals surface area contributed by atoms with Crippen molar-refractivity contribution in [2.45, 2.75) is 44.7 Å². The summed E-state index contributed by atoms with van der Waals surface area (Å²) in [6, 6.07) is 12.0. The van der Waals surface area contributed by atoms with Crippen LogP contribution >= 0.6 is 22.7 Å². The Hall–Kier alpha value is -3.04. The van der Waals surface area contributed by atoms with E-state index < -0.39 is 29.4 Å². The Morgan fingerprint density at radius 2 is 1.79 bits per heavy atom. The lowest BCUT2D eigenvalue weighted by atomic mass is 9.90. The van der Waals surface area contributed by atoms with Gasteiger partial charge < -0.3 is 15.7 Å². The summed E-state index contributed by atoms with van der Waals surface area (Å²) in [6.45, 7) is 3.53. The van der Waals surface area contributed by atoms with Crippen LogP contribution in [-0.2, 0) is 16.0 Å². The summed E-state index contributed by atoms with van der Waals surface area (Å²) in [5.41, 5.74) is 5.06. The second kappa shape index (κ2) is 10.3. The molecule has 0 bridgehead atoms. The van der Waals surface area contributed by atoms with Gasteiger partial charge in [0.15, 0.2) is 0 Å². The van der Waals surface area contributed by atoms with Gasteiger partial charge in [0.2, 0.25) is 5.91 Å². The number of carboxylic acid groups (broad SMARTS) is 1. The summed E-state index contributed by atoms with van der Waals surface area (Å²) >= 11 is 2.84. The quantitative estimate of drug-likeness (QED) is 0.428. The van der Waals surface area contributed by atoms with Crippen molar-refractivity contribution in [2.24, 2.45) is 5.73 Å². The molecule has 1 atom stereocenters. The maximum absolute atomic E-state index is 13.7. The fraction of sp³-hybridized carbons (Fsp3) is 0.292. The Labute approximate surface area is 199 Å². The third kappa shape index (κ3) is 6.06. The molecule has 174 valence electrons. The average Bonchev–Trinajstić information content (AvgIpc) is 3.43.